The van der Waals surface area contributed by atoms with Gasteiger partial charge in [-0.15, -0.1) is 11.8 Å². The molecule has 2 heterocycles. The van der Waals surface area contributed by atoms with Crippen LogP contribution >= 0.6 is 11.8 Å². The van der Waals surface area contributed by atoms with Crippen molar-refractivity contribution in [1.29, 1.82) is 0 Å². The van der Waals surface area contributed by atoms with Crippen molar-refractivity contribution < 1.29 is 8.98 Å². The maximum absolute atomic E-state index is 5.92. The van der Waals surface area contributed by atoms with Crippen molar-refractivity contribution >= 4 is 28.9 Å². The fourth-order valence-corrected chi connectivity index (χ4v) is 3.55. The second kappa shape index (κ2) is 4.30. The summed E-state index contributed by atoms with van der Waals surface area (Å²) >= 11 is 1.88. The molecule has 0 saturated carbocycles. The predicted octanol–water partition coefficient (Wildman–Crippen LogP) is 3.01. The number of aromatic nitrogens is 1. The van der Waals surface area contributed by atoms with Crippen molar-refractivity contribution in [3.05, 3.63) is 35.2 Å². The number of thioether (sulfide) groups is 1. The van der Waals surface area contributed by atoms with Crippen LogP contribution in [0.4, 0.5) is 0 Å². The summed E-state index contributed by atoms with van der Waals surface area (Å²) in [5.41, 5.74) is 2.27. The zero-order valence-corrected chi connectivity index (χ0v) is 12.6. The molecule has 1 fully saturated rings. The third-order valence-electron chi connectivity index (χ3n) is 3.83. The lowest BCUT2D eigenvalue weighted by Crippen LogP contribution is -2.36. The summed E-state index contributed by atoms with van der Waals surface area (Å²) in [4.78, 5) is 2.32. The van der Waals surface area contributed by atoms with Gasteiger partial charge in [0.15, 0.2) is 0 Å². The standard InChI is InChI=1S/C15H19N2OS/c1-15(2)10-19-14(17(15)4)9-13-16(3)11-7-5-6-8-12(11)18-13/h5-9H,10H2,1-4H3/q+1. The molecule has 0 N–H and O–H groups in total. The number of aryl methyl sites for hydroxylation is 1. The van der Waals surface area contributed by atoms with Crippen LogP contribution in [0, 0.1) is 0 Å². The summed E-state index contributed by atoms with van der Waals surface area (Å²) in [7, 11) is 4.19. The molecule has 1 aromatic heterocycles. The van der Waals surface area contributed by atoms with Gasteiger partial charge in [-0.1, -0.05) is 12.1 Å². The van der Waals surface area contributed by atoms with E-state index in [1.54, 1.807) is 0 Å². The molecule has 0 atom stereocenters. The fourth-order valence-electron chi connectivity index (χ4n) is 2.23. The first-order valence-corrected chi connectivity index (χ1v) is 7.43. The first-order chi connectivity index (χ1) is 8.99. The lowest BCUT2D eigenvalue weighted by Gasteiger charge is -2.28. The Morgan fingerprint density at radius 2 is 2.11 bits per heavy atom. The van der Waals surface area contributed by atoms with Crippen molar-refractivity contribution in [3.8, 4) is 0 Å². The SMILES string of the molecule is CN1/C(=C/c2oc3ccccc3[n+]2C)SCC1(C)C. The highest BCUT2D eigenvalue weighted by molar-refractivity contribution is 8.03. The van der Waals surface area contributed by atoms with E-state index < -0.39 is 0 Å². The molecule has 100 valence electrons. The van der Waals surface area contributed by atoms with Crippen molar-refractivity contribution in [2.24, 2.45) is 7.05 Å². The zero-order chi connectivity index (χ0) is 13.6. The molecular weight excluding hydrogens is 256 g/mol. The van der Waals surface area contributed by atoms with Crippen LogP contribution in [0.2, 0.25) is 0 Å². The van der Waals surface area contributed by atoms with Crippen LogP contribution in [0.3, 0.4) is 0 Å². The van der Waals surface area contributed by atoms with Gasteiger partial charge in [0.05, 0.1) is 11.1 Å². The van der Waals surface area contributed by atoms with Crippen LogP contribution in [0.5, 0.6) is 0 Å². The van der Waals surface area contributed by atoms with E-state index in [0.29, 0.717) is 0 Å². The summed E-state index contributed by atoms with van der Waals surface area (Å²) < 4.78 is 8.02. The molecule has 2 aromatic rings. The van der Waals surface area contributed by atoms with Crippen molar-refractivity contribution in [2.45, 2.75) is 19.4 Å². The average Bonchev–Trinajstić information content (AvgIpc) is 2.83. The quantitative estimate of drug-likeness (QED) is 0.746. The van der Waals surface area contributed by atoms with Gasteiger partial charge in [-0.3, -0.25) is 0 Å². The molecule has 1 aliphatic heterocycles. The van der Waals surface area contributed by atoms with E-state index in [4.69, 9.17) is 4.42 Å². The molecule has 0 radical (unpaired) electrons. The minimum atomic E-state index is 0.209. The van der Waals surface area contributed by atoms with E-state index >= 15 is 0 Å². The minimum Gasteiger partial charge on any atom is -0.398 e. The molecule has 1 saturated heterocycles. The average molecular weight is 275 g/mol. The Morgan fingerprint density at radius 3 is 2.74 bits per heavy atom. The van der Waals surface area contributed by atoms with Gasteiger partial charge in [0, 0.05) is 24.4 Å². The number of hydrogen-bond acceptors (Lipinski definition) is 3. The summed E-state index contributed by atoms with van der Waals surface area (Å²) in [6.45, 7) is 4.53. The third kappa shape index (κ3) is 2.04. The van der Waals surface area contributed by atoms with Gasteiger partial charge in [-0.05, 0) is 19.9 Å². The summed E-state index contributed by atoms with van der Waals surface area (Å²) in [5, 5.41) is 1.26. The molecular formula is C15H19N2OS+. The number of hydrogen-bond donors (Lipinski definition) is 0. The number of nitrogens with zero attached hydrogens (tertiary/aromatic N) is 2. The summed E-state index contributed by atoms with van der Waals surface area (Å²) in [5.74, 6) is 2.01. The molecule has 0 unspecified atom stereocenters. The van der Waals surface area contributed by atoms with E-state index in [1.807, 2.05) is 37.0 Å². The number of fused-ring (bicyclic) bond motifs is 1. The van der Waals surface area contributed by atoms with Crippen LogP contribution in [-0.4, -0.2) is 23.2 Å². The second-order valence-electron chi connectivity index (χ2n) is 5.61. The van der Waals surface area contributed by atoms with Gasteiger partial charge in [0.2, 0.25) is 5.58 Å². The molecule has 1 aliphatic rings. The van der Waals surface area contributed by atoms with Crippen molar-refractivity contribution in [1.82, 2.24) is 4.90 Å². The minimum absolute atomic E-state index is 0.209. The Kier molecular flexibility index (Phi) is 2.86. The van der Waals surface area contributed by atoms with E-state index in [0.717, 1.165) is 22.7 Å². The molecule has 4 heteroatoms. The van der Waals surface area contributed by atoms with Gasteiger partial charge in [-0.25, -0.2) is 0 Å². The fraction of sp³-hybridized carbons (Fsp3) is 0.400. The maximum atomic E-state index is 5.92. The number of benzene rings is 1. The van der Waals surface area contributed by atoms with Crippen LogP contribution in [0.25, 0.3) is 17.2 Å². The highest BCUT2D eigenvalue weighted by Gasteiger charge is 2.34. The van der Waals surface area contributed by atoms with Gasteiger partial charge in [0.1, 0.15) is 7.05 Å². The largest absolute Gasteiger partial charge is 0.398 e. The number of rotatable bonds is 1. The van der Waals surface area contributed by atoms with E-state index in [2.05, 4.69) is 42.5 Å². The number of para-hydroxylation sites is 2. The molecule has 1 aromatic carbocycles. The smallest absolute Gasteiger partial charge is 0.376 e. The molecule has 0 spiro atoms. The Balaban J connectivity index is 2.04. The van der Waals surface area contributed by atoms with Crippen LogP contribution in [-0.2, 0) is 7.05 Å². The third-order valence-corrected chi connectivity index (χ3v) is 5.37. The summed E-state index contributed by atoms with van der Waals surface area (Å²) in [6, 6.07) is 8.12. The second-order valence-corrected chi connectivity index (χ2v) is 6.61. The predicted molar refractivity (Wildman–Crippen MR) is 79.7 cm³/mol. The van der Waals surface area contributed by atoms with Crippen molar-refractivity contribution in [3.63, 3.8) is 0 Å². The molecule has 0 amide bonds. The monoisotopic (exact) mass is 275 g/mol. The zero-order valence-electron chi connectivity index (χ0n) is 11.8. The van der Waals surface area contributed by atoms with Gasteiger partial charge in [0.25, 0.3) is 5.52 Å². The first-order valence-electron chi connectivity index (χ1n) is 6.45. The molecule has 0 bridgehead atoms. The Bertz CT molecular complexity index is 657. The molecule has 19 heavy (non-hydrogen) atoms. The van der Waals surface area contributed by atoms with Gasteiger partial charge in [-0.2, -0.15) is 4.57 Å². The van der Waals surface area contributed by atoms with Crippen LogP contribution < -0.4 is 4.57 Å². The Labute approximate surface area is 117 Å². The van der Waals surface area contributed by atoms with E-state index in [-0.39, 0.29) is 5.54 Å². The normalized spacial score (nSPS) is 20.6. The summed E-state index contributed by atoms with van der Waals surface area (Å²) in [6.07, 6.45) is 2.14. The molecule has 3 rings (SSSR count). The highest BCUT2D eigenvalue weighted by Crippen LogP contribution is 2.38. The van der Waals surface area contributed by atoms with Gasteiger partial charge >= 0.3 is 5.89 Å². The first kappa shape index (κ1) is 12.6. The van der Waals surface area contributed by atoms with Gasteiger partial charge < -0.3 is 9.32 Å². The maximum Gasteiger partial charge on any atom is 0.376 e. The number of oxazole rings is 1. The Morgan fingerprint density at radius 1 is 1.37 bits per heavy atom. The van der Waals surface area contributed by atoms with Crippen LogP contribution in [0.1, 0.15) is 19.7 Å². The topological polar surface area (TPSA) is 20.3 Å². The van der Waals surface area contributed by atoms with Crippen molar-refractivity contribution in [2.75, 3.05) is 12.8 Å². The lowest BCUT2D eigenvalue weighted by molar-refractivity contribution is -0.652. The highest BCUT2D eigenvalue weighted by atomic mass is 32.2. The van der Waals surface area contributed by atoms with E-state index in [1.165, 1.54) is 5.03 Å². The molecule has 0 aliphatic carbocycles. The Hall–Kier alpha value is -1.42. The van der Waals surface area contributed by atoms with E-state index in [9.17, 15) is 0 Å². The molecule has 3 nitrogen and oxygen atoms in total. The lowest BCUT2D eigenvalue weighted by atomic mass is 10.1. The van der Waals surface area contributed by atoms with Crippen LogP contribution in [0.15, 0.2) is 33.7 Å².